The van der Waals surface area contributed by atoms with E-state index >= 15 is 0 Å². The van der Waals surface area contributed by atoms with Gasteiger partial charge in [0.1, 0.15) is 0 Å². The molecule has 118 valence electrons. The van der Waals surface area contributed by atoms with Crippen molar-refractivity contribution in [3.63, 3.8) is 0 Å². The van der Waals surface area contributed by atoms with Crippen LogP contribution in [0.1, 0.15) is 58.2 Å². The van der Waals surface area contributed by atoms with E-state index in [1.807, 2.05) is 6.07 Å². The van der Waals surface area contributed by atoms with Gasteiger partial charge in [-0.1, -0.05) is 65.8 Å². The van der Waals surface area contributed by atoms with Gasteiger partial charge in [0.15, 0.2) is 0 Å². The highest BCUT2D eigenvalue weighted by molar-refractivity contribution is 5.79. The number of rotatable bonds is 1. The van der Waals surface area contributed by atoms with Gasteiger partial charge in [-0.2, -0.15) is 0 Å². The molecule has 0 aliphatic carbocycles. The Morgan fingerprint density at radius 2 is 1.14 bits per heavy atom. The zero-order chi connectivity index (χ0) is 16.7. The van der Waals surface area contributed by atoms with Crippen molar-refractivity contribution in [2.24, 2.45) is 0 Å². The van der Waals surface area contributed by atoms with Gasteiger partial charge in [0.25, 0.3) is 0 Å². The van der Waals surface area contributed by atoms with Gasteiger partial charge in [-0.25, -0.2) is 0 Å². The zero-order valence-electron chi connectivity index (χ0n) is 15.0. The van der Waals surface area contributed by atoms with Crippen molar-refractivity contribution in [2.75, 3.05) is 5.73 Å². The van der Waals surface area contributed by atoms with E-state index in [0.717, 1.165) is 11.3 Å². The van der Waals surface area contributed by atoms with Crippen molar-refractivity contribution in [3.8, 4) is 11.1 Å². The van der Waals surface area contributed by atoms with Crippen LogP contribution in [0.2, 0.25) is 0 Å². The lowest BCUT2D eigenvalue weighted by Gasteiger charge is -2.23. The predicted molar refractivity (Wildman–Crippen MR) is 98.4 cm³/mol. The number of hydrogen-bond acceptors (Lipinski definition) is 1. The van der Waals surface area contributed by atoms with Crippen molar-refractivity contribution in [1.29, 1.82) is 0 Å². The Morgan fingerprint density at radius 1 is 0.682 bits per heavy atom. The van der Waals surface area contributed by atoms with E-state index in [1.54, 1.807) is 0 Å². The Kier molecular flexibility index (Phi) is 4.12. The molecule has 0 radical (unpaired) electrons. The summed E-state index contributed by atoms with van der Waals surface area (Å²) in [7, 11) is 0. The maximum absolute atomic E-state index is 6.29. The maximum Gasteiger partial charge on any atom is 0.0394 e. The van der Waals surface area contributed by atoms with Crippen LogP contribution in [0.4, 0.5) is 5.69 Å². The summed E-state index contributed by atoms with van der Waals surface area (Å²) in [5.41, 5.74) is 13.7. The van der Waals surface area contributed by atoms with E-state index in [1.165, 1.54) is 22.3 Å². The van der Waals surface area contributed by atoms with Crippen LogP contribution < -0.4 is 5.73 Å². The minimum absolute atomic E-state index is 0.123. The van der Waals surface area contributed by atoms with Crippen LogP contribution in [-0.4, -0.2) is 0 Å². The smallest absolute Gasteiger partial charge is 0.0394 e. The lowest BCUT2D eigenvalue weighted by Crippen LogP contribution is -2.12. The minimum Gasteiger partial charge on any atom is -0.398 e. The Labute approximate surface area is 135 Å². The molecule has 0 bridgehead atoms. The van der Waals surface area contributed by atoms with Crippen LogP contribution in [0.15, 0.2) is 36.4 Å². The zero-order valence-corrected chi connectivity index (χ0v) is 15.0. The Balaban J connectivity index is 2.66. The monoisotopic (exact) mass is 295 g/mol. The maximum atomic E-state index is 6.29. The van der Waals surface area contributed by atoms with Crippen molar-refractivity contribution in [3.05, 3.63) is 53.1 Å². The molecule has 0 aliphatic heterocycles. The number of nitrogens with two attached hydrogens (primary N) is 1. The van der Waals surface area contributed by atoms with Crippen molar-refractivity contribution in [1.82, 2.24) is 0 Å². The van der Waals surface area contributed by atoms with Crippen LogP contribution in [0.25, 0.3) is 11.1 Å². The van der Waals surface area contributed by atoms with Gasteiger partial charge in [-0.05, 0) is 52.1 Å². The molecule has 22 heavy (non-hydrogen) atoms. The van der Waals surface area contributed by atoms with E-state index in [-0.39, 0.29) is 10.8 Å². The third kappa shape index (κ3) is 3.35. The standard InChI is InChI=1S/C21H29N/c1-14-8-9-15(20(2,3)4)12-17(14)18-13-16(21(5,6)7)10-11-19(18)22/h8-13H,22H2,1-7H3. The Hall–Kier alpha value is -1.76. The Bertz CT molecular complexity index is 621. The van der Waals surface area contributed by atoms with E-state index in [9.17, 15) is 0 Å². The number of anilines is 1. The molecule has 1 heteroatoms. The first-order valence-electron chi connectivity index (χ1n) is 8.01. The molecule has 0 amide bonds. The minimum atomic E-state index is 0.123. The molecule has 0 saturated carbocycles. The summed E-state index contributed by atoms with van der Waals surface area (Å²) in [6.45, 7) is 15.6. The van der Waals surface area contributed by atoms with Crippen molar-refractivity contribution >= 4 is 5.69 Å². The Morgan fingerprint density at radius 3 is 1.64 bits per heavy atom. The predicted octanol–water partition coefficient (Wildman–Crippen LogP) is 5.84. The van der Waals surface area contributed by atoms with Gasteiger partial charge in [0.05, 0.1) is 0 Å². The third-order valence-electron chi connectivity index (χ3n) is 4.31. The van der Waals surface area contributed by atoms with Gasteiger partial charge in [0.2, 0.25) is 0 Å². The quantitative estimate of drug-likeness (QED) is 0.657. The molecule has 1 nitrogen and oxygen atoms in total. The summed E-state index contributed by atoms with van der Waals surface area (Å²) < 4.78 is 0. The van der Waals surface area contributed by atoms with E-state index in [2.05, 4.69) is 78.8 Å². The van der Waals surface area contributed by atoms with E-state index in [0.29, 0.717) is 0 Å². The normalized spacial score (nSPS) is 12.5. The SMILES string of the molecule is Cc1ccc(C(C)(C)C)cc1-c1cc(C(C)(C)C)ccc1N. The second kappa shape index (κ2) is 5.46. The molecule has 0 fully saturated rings. The molecule has 0 heterocycles. The molecule has 2 rings (SSSR count). The molecule has 2 N–H and O–H groups in total. The molecule has 0 saturated heterocycles. The van der Waals surface area contributed by atoms with Crippen LogP contribution in [-0.2, 0) is 10.8 Å². The molecule has 0 aromatic heterocycles. The summed E-state index contributed by atoms with van der Waals surface area (Å²) in [6.07, 6.45) is 0. The topological polar surface area (TPSA) is 26.0 Å². The first-order valence-corrected chi connectivity index (χ1v) is 8.01. The largest absolute Gasteiger partial charge is 0.398 e. The second-order valence-electron chi connectivity index (χ2n) is 8.33. The number of hydrogen-bond donors (Lipinski definition) is 1. The average molecular weight is 295 g/mol. The molecule has 0 unspecified atom stereocenters. The van der Waals surface area contributed by atoms with Crippen LogP contribution in [0, 0.1) is 6.92 Å². The number of aryl methyl sites for hydroxylation is 1. The molecule has 2 aromatic rings. The summed E-state index contributed by atoms with van der Waals surface area (Å²) in [6, 6.07) is 13.2. The number of benzene rings is 2. The van der Waals surface area contributed by atoms with Crippen molar-refractivity contribution < 1.29 is 0 Å². The average Bonchev–Trinajstić information content (AvgIpc) is 2.37. The first kappa shape index (κ1) is 16.6. The number of nitrogen functional groups attached to an aromatic ring is 1. The summed E-state index contributed by atoms with van der Waals surface area (Å²) in [5.74, 6) is 0. The fourth-order valence-electron chi connectivity index (χ4n) is 2.63. The summed E-state index contributed by atoms with van der Waals surface area (Å²) in [4.78, 5) is 0. The third-order valence-corrected chi connectivity index (χ3v) is 4.31. The fraction of sp³-hybridized carbons (Fsp3) is 0.429. The summed E-state index contributed by atoms with van der Waals surface area (Å²) >= 11 is 0. The van der Waals surface area contributed by atoms with Crippen LogP contribution in [0.3, 0.4) is 0 Å². The highest BCUT2D eigenvalue weighted by Gasteiger charge is 2.18. The summed E-state index contributed by atoms with van der Waals surface area (Å²) in [5, 5.41) is 0. The van der Waals surface area contributed by atoms with Crippen molar-refractivity contribution in [2.45, 2.75) is 59.3 Å². The molecular weight excluding hydrogens is 266 g/mol. The molecule has 2 aromatic carbocycles. The van der Waals surface area contributed by atoms with Crippen LogP contribution in [0.5, 0.6) is 0 Å². The lowest BCUT2D eigenvalue weighted by atomic mass is 9.82. The first-order chi connectivity index (χ1) is 10.00. The van der Waals surface area contributed by atoms with Crippen LogP contribution >= 0.6 is 0 Å². The molecule has 0 aliphatic rings. The van der Waals surface area contributed by atoms with Gasteiger partial charge in [-0.3, -0.25) is 0 Å². The van der Waals surface area contributed by atoms with Gasteiger partial charge < -0.3 is 5.73 Å². The highest BCUT2D eigenvalue weighted by Crippen LogP contribution is 2.35. The second-order valence-corrected chi connectivity index (χ2v) is 8.33. The highest BCUT2D eigenvalue weighted by atomic mass is 14.6. The van der Waals surface area contributed by atoms with Gasteiger partial charge in [0, 0.05) is 11.3 Å². The fourth-order valence-corrected chi connectivity index (χ4v) is 2.63. The van der Waals surface area contributed by atoms with Gasteiger partial charge >= 0.3 is 0 Å². The van der Waals surface area contributed by atoms with E-state index in [4.69, 9.17) is 5.73 Å². The molecule has 0 spiro atoms. The van der Waals surface area contributed by atoms with E-state index < -0.39 is 0 Å². The van der Waals surface area contributed by atoms with Gasteiger partial charge in [-0.15, -0.1) is 0 Å². The molecule has 0 atom stereocenters. The lowest BCUT2D eigenvalue weighted by molar-refractivity contribution is 0.589. The molecular formula is C21H29N.